The topological polar surface area (TPSA) is 192 Å². The maximum atomic E-state index is 15.9. The number of aliphatic hydroxyl groups is 3. The summed E-state index contributed by atoms with van der Waals surface area (Å²) in [6.07, 6.45) is -6.16. The van der Waals surface area contributed by atoms with Crippen molar-refractivity contribution in [2.24, 2.45) is 22.7 Å². The highest BCUT2D eigenvalue weighted by atomic mass is 32.2. The quantitative estimate of drug-likeness (QED) is 0.162. The number of aliphatic hydroxyl groups excluding tert-OH is 1. The molecule has 3 aliphatic carbocycles. The first-order chi connectivity index (χ1) is 25.8. The molecule has 15 heteroatoms. The number of rotatable bonds is 11. The molecule has 13 nitrogen and oxygen atoms in total. The van der Waals surface area contributed by atoms with Gasteiger partial charge in [-0.1, -0.05) is 65.0 Å². The molecule has 0 spiro atoms. The summed E-state index contributed by atoms with van der Waals surface area (Å²) in [5.74, 6) is -4.41. The molecule has 56 heavy (non-hydrogen) atoms. The van der Waals surface area contributed by atoms with Gasteiger partial charge in [0, 0.05) is 30.1 Å². The van der Waals surface area contributed by atoms with Gasteiger partial charge in [-0.05, 0) is 61.3 Å². The third kappa shape index (κ3) is 7.65. The maximum Gasteiger partial charge on any atom is 0.338 e. The van der Waals surface area contributed by atoms with E-state index >= 15 is 4.79 Å². The lowest BCUT2D eigenvalue weighted by atomic mass is 9.44. The molecule has 0 heterocycles. The number of hydrogen-bond acceptors (Lipinski definition) is 13. The van der Waals surface area contributed by atoms with Crippen LogP contribution in [0.5, 0.6) is 5.75 Å². The Morgan fingerprint density at radius 2 is 1.59 bits per heavy atom. The summed E-state index contributed by atoms with van der Waals surface area (Å²) in [7, 11) is -5.61. The van der Waals surface area contributed by atoms with E-state index in [9.17, 15) is 33.3 Å². The largest absolute Gasteiger partial charge is 0.497 e. The van der Waals surface area contributed by atoms with Gasteiger partial charge in [-0.15, -0.1) is 0 Å². The molecule has 0 saturated heterocycles. The number of Topliss-reactive ketones (excluding diaryl/α,β-unsaturated/α-hetero) is 2. The summed E-state index contributed by atoms with van der Waals surface area (Å²) in [5, 5.41) is 37.9. The lowest BCUT2D eigenvalue weighted by Crippen LogP contribution is -2.80. The zero-order chi connectivity index (χ0) is 41.9. The van der Waals surface area contributed by atoms with Gasteiger partial charge < -0.3 is 34.0 Å². The zero-order valence-corrected chi connectivity index (χ0v) is 35.8. The molecule has 9 atom stereocenters. The molecule has 0 aromatic heterocycles. The third-order valence-electron chi connectivity index (χ3n) is 13.3. The van der Waals surface area contributed by atoms with Crippen LogP contribution in [0.2, 0.25) is 18.1 Å². The summed E-state index contributed by atoms with van der Waals surface area (Å²) >= 11 is 0. The summed E-state index contributed by atoms with van der Waals surface area (Å²) in [4.78, 5) is 44.6. The van der Waals surface area contributed by atoms with Crippen LogP contribution < -0.4 is 4.74 Å². The second-order valence-corrected chi connectivity index (χ2v) is 24.4. The average molecular weight is 819 g/mol. The molecule has 2 aromatic rings. The van der Waals surface area contributed by atoms with Crippen LogP contribution in [0.1, 0.15) is 76.7 Å². The van der Waals surface area contributed by atoms with Crippen molar-refractivity contribution in [1.29, 1.82) is 0 Å². The van der Waals surface area contributed by atoms with Gasteiger partial charge in [0.2, 0.25) is 0 Å². The van der Waals surface area contributed by atoms with Crippen LogP contribution in [0.25, 0.3) is 0 Å². The Morgan fingerprint density at radius 3 is 2.14 bits per heavy atom. The van der Waals surface area contributed by atoms with E-state index < -0.39 is 106 Å². The van der Waals surface area contributed by atoms with Crippen molar-refractivity contribution in [3.8, 4) is 5.75 Å². The molecule has 2 aromatic carbocycles. The molecule has 3 aliphatic rings. The van der Waals surface area contributed by atoms with Crippen molar-refractivity contribution >= 4 is 36.0 Å². The van der Waals surface area contributed by atoms with E-state index in [1.807, 2.05) is 33.9 Å². The van der Waals surface area contributed by atoms with E-state index in [0.717, 1.165) is 6.26 Å². The van der Waals surface area contributed by atoms with E-state index in [1.54, 1.807) is 63.4 Å². The van der Waals surface area contributed by atoms with Crippen LogP contribution in [-0.2, 0) is 44.4 Å². The number of hydrogen-bond donors (Lipinski definition) is 3. The van der Waals surface area contributed by atoms with Gasteiger partial charge in [-0.3, -0.25) is 13.8 Å². The Kier molecular flexibility index (Phi) is 12.0. The minimum absolute atomic E-state index is 0.0471. The van der Waals surface area contributed by atoms with Crippen molar-refractivity contribution in [1.82, 2.24) is 0 Å². The normalized spacial score (nSPS) is 33.5. The smallest absolute Gasteiger partial charge is 0.338 e. The zero-order valence-electron chi connectivity index (χ0n) is 34.0. The van der Waals surface area contributed by atoms with Crippen LogP contribution in [0.3, 0.4) is 0 Å². The monoisotopic (exact) mass is 818 g/mol. The molecule has 3 fully saturated rings. The van der Waals surface area contributed by atoms with Crippen LogP contribution in [0.15, 0.2) is 54.6 Å². The van der Waals surface area contributed by atoms with Gasteiger partial charge >= 0.3 is 5.97 Å². The second-order valence-electron chi connectivity index (χ2n) is 18.0. The van der Waals surface area contributed by atoms with Crippen molar-refractivity contribution in [3.63, 3.8) is 0 Å². The van der Waals surface area contributed by atoms with Gasteiger partial charge in [-0.25, -0.2) is 4.79 Å². The molecule has 0 aliphatic heterocycles. The highest BCUT2D eigenvalue weighted by molar-refractivity contribution is 7.86. The number of fused-ring (bicyclic) bond motifs is 3. The number of esters is 1. The number of ether oxygens (including phenoxy) is 3. The van der Waals surface area contributed by atoms with Gasteiger partial charge in [0.25, 0.3) is 10.1 Å². The SMILES string of the molecule is COc1ccc(CO[C@H]2C(=O)[C@@]3(C)C([C@H](OC(=O)c4ccccc4)[C@]4(O)C(=O)CC[C@H]2C4(C)C)[C@](O)(COS(C)(=O)=O)[C@@H](O)C[C@@H]3O[Si](C)(C)C(C)(C)C)cc1. The Morgan fingerprint density at radius 1 is 0.982 bits per heavy atom. The Balaban J connectivity index is 1.83. The third-order valence-corrected chi connectivity index (χ3v) is 18.4. The van der Waals surface area contributed by atoms with E-state index in [-0.39, 0.29) is 31.4 Å². The highest BCUT2D eigenvalue weighted by Crippen LogP contribution is 2.62. The van der Waals surface area contributed by atoms with E-state index in [0.29, 0.717) is 11.3 Å². The minimum atomic E-state index is -4.29. The van der Waals surface area contributed by atoms with Gasteiger partial charge in [0.05, 0.1) is 49.8 Å². The fourth-order valence-electron chi connectivity index (χ4n) is 8.83. The predicted octanol–water partition coefficient (Wildman–Crippen LogP) is 4.61. The van der Waals surface area contributed by atoms with Crippen LogP contribution >= 0.6 is 0 Å². The molecule has 0 amide bonds. The van der Waals surface area contributed by atoms with Gasteiger partial charge in [0.15, 0.2) is 25.5 Å². The fraction of sp³-hybridized carbons (Fsp3) is 0.634. The first-order valence-electron chi connectivity index (χ1n) is 19.0. The second kappa shape index (κ2) is 15.3. The predicted molar refractivity (Wildman–Crippen MR) is 209 cm³/mol. The molecule has 1 unspecified atom stereocenters. The molecule has 3 saturated carbocycles. The summed E-state index contributed by atoms with van der Waals surface area (Å²) < 4.78 is 55.5. The van der Waals surface area contributed by atoms with Crippen LogP contribution in [-0.4, -0.2) is 105 Å². The number of ketones is 2. The Labute approximate surface area is 331 Å². The molecule has 5 rings (SSSR count). The summed E-state index contributed by atoms with van der Waals surface area (Å²) in [6, 6.07) is 14.9. The maximum absolute atomic E-state index is 15.9. The van der Waals surface area contributed by atoms with Crippen LogP contribution in [0.4, 0.5) is 0 Å². The molecular formula is C41H58O13SSi. The molecule has 3 N–H and O–H groups in total. The van der Waals surface area contributed by atoms with E-state index in [2.05, 4.69) is 0 Å². The van der Waals surface area contributed by atoms with Crippen molar-refractivity contribution in [3.05, 3.63) is 65.7 Å². The number of carbonyl (C=O) groups is 3. The first-order valence-corrected chi connectivity index (χ1v) is 23.7. The Hall–Kier alpha value is -3.02. The summed E-state index contributed by atoms with van der Waals surface area (Å²) in [5.41, 5.74) is -8.20. The average Bonchev–Trinajstić information content (AvgIpc) is 3.11. The lowest BCUT2D eigenvalue weighted by molar-refractivity contribution is -0.288. The molecule has 2 bridgehead atoms. The number of carbonyl (C=O) groups excluding carboxylic acids is 3. The standard InChI is InChI=1S/C41H58O13SSi/c1-37(2,3)56(9,10)54-31-22-30(43)40(46,24-52-55(8,48)49)33-35(53-36(45)26-14-12-11-13-15-26)41(47)29(42)21-20-28(38(41,4)5)32(34(44)39(31,33)6)51-23-25-16-18-27(50-7)19-17-25/h11-19,28,30-33,35,43,46-47H,20-24H2,1-10H3/t28-,30+,31+,32-,33?,35+,39-,40+,41-/m1/s1. The Bertz CT molecular complexity index is 1890. The van der Waals surface area contributed by atoms with Crippen molar-refractivity contribution < 1.29 is 60.9 Å². The van der Waals surface area contributed by atoms with Crippen molar-refractivity contribution in [2.75, 3.05) is 20.0 Å². The fourth-order valence-corrected chi connectivity index (χ4v) is 10.6. The van der Waals surface area contributed by atoms with E-state index in [1.165, 1.54) is 19.1 Å². The molecule has 310 valence electrons. The number of benzene rings is 2. The van der Waals surface area contributed by atoms with Crippen molar-refractivity contribution in [2.45, 2.75) is 121 Å². The number of methoxy groups -OCH3 is 1. The van der Waals surface area contributed by atoms with E-state index in [4.69, 9.17) is 22.8 Å². The first kappa shape index (κ1) is 44.1. The highest BCUT2D eigenvalue weighted by Gasteiger charge is 2.77. The minimum Gasteiger partial charge on any atom is -0.497 e. The van der Waals surface area contributed by atoms with Gasteiger partial charge in [-0.2, -0.15) is 8.42 Å². The van der Waals surface area contributed by atoms with Crippen LogP contribution in [0, 0.1) is 22.7 Å². The lowest BCUT2D eigenvalue weighted by Gasteiger charge is -2.65. The van der Waals surface area contributed by atoms with Gasteiger partial charge in [0.1, 0.15) is 23.6 Å². The summed E-state index contributed by atoms with van der Waals surface area (Å²) in [6.45, 7) is 13.4. The molecular weight excluding hydrogens is 761 g/mol. The molecule has 0 radical (unpaired) electrons.